The molecule has 4 rings (SSSR count). The molecule has 8 nitrogen and oxygen atoms in total. The number of rotatable bonds is 7. The smallest absolute Gasteiger partial charge is 0.261 e. The molecule has 2 saturated heterocycles. The molecule has 9 heteroatoms. The number of anilines is 2. The molecular weight excluding hydrogens is 462 g/mol. The lowest BCUT2D eigenvalue weighted by Crippen LogP contribution is -2.43. The zero-order valence-electron chi connectivity index (χ0n) is 20.8. The van der Waals surface area contributed by atoms with Gasteiger partial charge in [-0.05, 0) is 62.3 Å². The van der Waals surface area contributed by atoms with Gasteiger partial charge < -0.3 is 20.0 Å². The Balaban J connectivity index is 1.63. The minimum Gasteiger partial charge on any atom is -0.367 e. The van der Waals surface area contributed by atoms with Crippen LogP contribution in [0.3, 0.4) is 0 Å². The predicted octanol–water partition coefficient (Wildman–Crippen LogP) is 2.63. The molecule has 2 fully saturated rings. The van der Waals surface area contributed by atoms with Crippen molar-refractivity contribution in [2.24, 2.45) is 0 Å². The number of hydrogen-bond donors (Lipinski definition) is 2. The van der Waals surface area contributed by atoms with Crippen molar-refractivity contribution in [1.82, 2.24) is 15.1 Å². The molecule has 0 aliphatic carbocycles. The van der Waals surface area contributed by atoms with Crippen molar-refractivity contribution in [2.75, 3.05) is 69.0 Å². The number of sulfonamides is 1. The summed E-state index contributed by atoms with van der Waals surface area (Å²) in [4.78, 5) is 19.8. The van der Waals surface area contributed by atoms with E-state index in [9.17, 15) is 13.2 Å². The van der Waals surface area contributed by atoms with Crippen LogP contribution < -0.4 is 14.9 Å². The zero-order valence-corrected chi connectivity index (χ0v) is 21.6. The van der Waals surface area contributed by atoms with Crippen LogP contribution in [0.4, 0.5) is 11.4 Å². The van der Waals surface area contributed by atoms with Gasteiger partial charge in [0.25, 0.3) is 15.9 Å². The number of carbonyl (C=O) groups is 1. The number of nitrogens with zero attached hydrogens (tertiary/aromatic N) is 3. The van der Waals surface area contributed by atoms with E-state index in [1.807, 2.05) is 29.2 Å². The fraction of sp³-hybridized carbons (Fsp3) is 0.500. The highest BCUT2D eigenvalue weighted by molar-refractivity contribution is 7.92. The molecule has 0 bridgehead atoms. The maximum Gasteiger partial charge on any atom is 0.261 e. The monoisotopic (exact) mass is 499 g/mol. The minimum absolute atomic E-state index is 0.0588. The number of nitrogens with one attached hydrogen (secondary N) is 2. The first-order chi connectivity index (χ1) is 16.9. The molecule has 0 atom stereocenters. The Morgan fingerprint density at radius 2 is 1.71 bits per heavy atom. The van der Waals surface area contributed by atoms with Crippen LogP contribution >= 0.6 is 0 Å². The second-order valence-corrected chi connectivity index (χ2v) is 11.1. The van der Waals surface area contributed by atoms with Crippen molar-refractivity contribution in [3.63, 3.8) is 0 Å². The van der Waals surface area contributed by atoms with Crippen LogP contribution in [-0.4, -0.2) is 83.5 Å². The van der Waals surface area contributed by atoms with Crippen LogP contribution in [0, 0.1) is 0 Å². The summed E-state index contributed by atoms with van der Waals surface area (Å²) in [6.45, 7) is 8.46. The van der Waals surface area contributed by atoms with E-state index in [2.05, 4.69) is 33.8 Å². The van der Waals surface area contributed by atoms with Crippen molar-refractivity contribution in [3.05, 3.63) is 53.6 Å². The van der Waals surface area contributed by atoms with Gasteiger partial charge in [0.15, 0.2) is 0 Å². The van der Waals surface area contributed by atoms with Crippen LogP contribution in [0.2, 0.25) is 0 Å². The third kappa shape index (κ3) is 6.34. The summed E-state index contributed by atoms with van der Waals surface area (Å²) >= 11 is 0. The standard InChI is InChI=1S/C26H37N5O3S/c1-3-5-21-6-9-23(10-7-21)35(33,34)28-24-20-22(8-11-25(24)30-16-12-27-13-17-30)26(32)31-15-4-14-29(2)18-19-31/h6-11,20,27-28H,3-5,12-19H2,1-2H3. The zero-order chi connectivity index (χ0) is 24.8. The first kappa shape index (κ1) is 25.5. The first-order valence-corrected chi connectivity index (χ1v) is 14.0. The van der Waals surface area contributed by atoms with E-state index >= 15 is 0 Å². The highest BCUT2D eigenvalue weighted by Crippen LogP contribution is 2.30. The van der Waals surface area contributed by atoms with Crippen LogP contribution in [0.1, 0.15) is 35.7 Å². The van der Waals surface area contributed by atoms with Crippen molar-refractivity contribution in [2.45, 2.75) is 31.1 Å². The van der Waals surface area contributed by atoms with Gasteiger partial charge in [-0.25, -0.2) is 8.42 Å². The number of piperazine rings is 1. The highest BCUT2D eigenvalue weighted by atomic mass is 32.2. The molecule has 0 radical (unpaired) electrons. The molecule has 2 heterocycles. The molecule has 2 N–H and O–H groups in total. The molecular formula is C26H37N5O3S. The third-order valence-electron chi connectivity index (χ3n) is 6.72. The second kappa shape index (κ2) is 11.4. The Labute approximate surface area is 209 Å². The number of aryl methyl sites for hydroxylation is 1. The summed E-state index contributed by atoms with van der Waals surface area (Å²) in [5, 5.41) is 3.33. The molecule has 0 spiro atoms. The van der Waals surface area contributed by atoms with Crippen LogP contribution in [-0.2, 0) is 16.4 Å². The molecule has 1 amide bonds. The van der Waals surface area contributed by atoms with Gasteiger partial charge in [0, 0.05) is 51.4 Å². The van der Waals surface area contributed by atoms with Gasteiger partial charge in [-0.15, -0.1) is 0 Å². The van der Waals surface area contributed by atoms with E-state index < -0.39 is 10.0 Å². The van der Waals surface area contributed by atoms with Gasteiger partial charge in [0.1, 0.15) is 0 Å². The lowest BCUT2D eigenvalue weighted by atomic mass is 10.1. The average molecular weight is 500 g/mol. The average Bonchev–Trinajstić information content (AvgIpc) is 3.09. The number of amides is 1. The van der Waals surface area contributed by atoms with Crippen LogP contribution in [0.15, 0.2) is 47.4 Å². The molecule has 0 aromatic heterocycles. The number of likely N-dealkylation sites (N-methyl/N-ethyl adjacent to an activating group) is 1. The topological polar surface area (TPSA) is 85.0 Å². The van der Waals surface area contributed by atoms with E-state index in [0.29, 0.717) is 24.3 Å². The van der Waals surface area contributed by atoms with Gasteiger partial charge in [-0.2, -0.15) is 0 Å². The Kier molecular flexibility index (Phi) is 8.30. The molecule has 2 aromatic rings. The maximum absolute atomic E-state index is 13.3. The van der Waals surface area contributed by atoms with Crippen LogP contribution in [0.25, 0.3) is 0 Å². The molecule has 2 aliphatic heterocycles. The molecule has 2 aromatic carbocycles. The van der Waals surface area contributed by atoms with E-state index in [4.69, 9.17) is 0 Å². The van der Waals surface area contributed by atoms with Gasteiger partial charge in [-0.3, -0.25) is 9.52 Å². The minimum atomic E-state index is -3.81. The Morgan fingerprint density at radius 3 is 2.43 bits per heavy atom. The summed E-state index contributed by atoms with van der Waals surface area (Å²) in [6, 6.07) is 12.5. The molecule has 190 valence electrons. The van der Waals surface area contributed by atoms with Gasteiger partial charge in [0.05, 0.1) is 16.3 Å². The van der Waals surface area contributed by atoms with E-state index in [0.717, 1.165) is 69.8 Å². The lowest BCUT2D eigenvalue weighted by Gasteiger charge is -2.31. The fourth-order valence-electron chi connectivity index (χ4n) is 4.69. The van der Waals surface area contributed by atoms with Gasteiger partial charge >= 0.3 is 0 Å². The molecule has 2 aliphatic rings. The SMILES string of the molecule is CCCc1ccc(S(=O)(=O)Nc2cc(C(=O)N3CCCN(C)CC3)ccc2N2CCNCC2)cc1. The van der Waals surface area contributed by atoms with E-state index in [1.165, 1.54) is 0 Å². The van der Waals surface area contributed by atoms with Crippen molar-refractivity contribution in [3.8, 4) is 0 Å². The maximum atomic E-state index is 13.3. The number of carbonyl (C=O) groups excluding carboxylic acids is 1. The largest absolute Gasteiger partial charge is 0.367 e. The molecule has 0 saturated carbocycles. The molecule has 35 heavy (non-hydrogen) atoms. The highest BCUT2D eigenvalue weighted by Gasteiger charge is 2.24. The van der Waals surface area contributed by atoms with Gasteiger partial charge in [0.2, 0.25) is 0 Å². The predicted molar refractivity (Wildman–Crippen MR) is 141 cm³/mol. The first-order valence-electron chi connectivity index (χ1n) is 12.6. The third-order valence-corrected chi connectivity index (χ3v) is 8.11. The quantitative estimate of drug-likeness (QED) is 0.609. The summed E-state index contributed by atoms with van der Waals surface area (Å²) < 4.78 is 29.5. The fourth-order valence-corrected chi connectivity index (χ4v) is 5.76. The normalized spacial score (nSPS) is 17.8. The van der Waals surface area contributed by atoms with Crippen molar-refractivity contribution < 1.29 is 13.2 Å². The second-order valence-electron chi connectivity index (χ2n) is 9.42. The summed E-state index contributed by atoms with van der Waals surface area (Å²) in [7, 11) is -1.74. The summed E-state index contributed by atoms with van der Waals surface area (Å²) in [5.41, 5.74) is 2.86. The van der Waals surface area contributed by atoms with Crippen LogP contribution in [0.5, 0.6) is 0 Å². The summed E-state index contributed by atoms with van der Waals surface area (Å²) in [6.07, 6.45) is 2.85. The van der Waals surface area contributed by atoms with Crippen molar-refractivity contribution in [1.29, 1.82) is 0 Å². The number of benzene rings is 2. The van der Waals surface area contributed by atoms with Crippen molar-refractivity contribution >= 4 is 27.3 Å². The van der Waals surface area contributed by atoms with E-state index in [1.54, 1.807) is 18.2 Å². The Hall–Kier alpha value is -2.62. The number of hydrogen-bond acceptors (Lipinski definition) is 6. The van der Waals surface area contributed by atoms with Gasteiger partial charge in [-0.1, -0.05) is 25.5 Å². The molecule has 0 unspecified atom stereocenters. The summed E-state index contributed by atoms with van der Waals surface area (Å²) in [5.74, 6) is -0.0588. The van der Waals surface area contributed by atoms with E-state index in [-0.39, 0.29) is 10.8 Å². The Bertz CT molecular complexity index is 1110. The Morgan fingerprint density at radius 1 is 0.971 bits per heavy atom. The lowest BCUT2D eigenvalue weighted by molar-refractivity contribution is 0.0763.